The molecule has 2 aromatic heterocycles. The molecule has 2 aromatic carbocycles. The number of ether oxygens (including phenoxy) is 2. The van der Waals surface area contributed by atoms with Gasteiger partial charge in [-0.3, -0.25) is 4.79 Å². The Morgan fingerprint density at radius 1 is 1.18 bits per heavy atom. The number of nitrogens with one attached hydrogen (secondary N) is 1. The number of nitrogens with zero attached hydrogens (tertiary/aromatic N) is 1. The molecular formula is C26H27ClN2O4S. The van der Waals surface area contributed by atoms with E-state index in [0.29, 0.717) is 21.0 Å². The summed E-state index contributed by atoms with van der Waals surface area (Å²) in [5, 5.41) is 3.99. The SMILES string of the molecule is COc1cc(Cl)c2[nH]c(=O)c3sccc3c2c1-c1ccc(C(C)N(C)C(=O)OC(C)(C)C)cc1. The van der Waals surface area contributed by atoms with Gasteiger partial charge in [-0.15, -0.1) is 11.3 Å². The molecule has 0 spiro atoms. The van der Waals surface area contributed by atoms with Gasteiger partial charge in [0.25, 0.3) is 5.56 Å². The van der Waals surface area contributed by atoms with Crippen molar-refractivity contribution < 1.29 is 14.3 Å². The second-order valence-electron chi connectivity index (χ2n) is 9.19. The maximum absolute atomic E-state index is 12.6. The smallest absolute Gasteiger partial charge is 0.410 e. The Balaban J connectivity index is 1.80. The Morgan fingerprint density at radius 3 is 2.47 bits per heavy atom. The third kappa shape index (κ3) is 4.38. The van der Waals surface area contributed by atoms with Gasteiger partial charge in [0.05, 0.1) is 23.7 Å². The quantitative estimate of drug-likeness (QED) is 0.329. The Bertz CT molecular complexity index is 1430. The minimum absolute atomic E-state index is 0.162. The zero-order chi connectivity index (χ0) is 24.8. The summed E-state index contributed by atoms with van der Waals surface area (Å²) < 4.78 is 11.8. The number of methoxy groups -OCH3 is 1. The molecule has 0 aliphatic rings. The molecule has 34 heavy (non-hydrogen) atoms. The highest BCUT2D eigenvalue weighted by Gasteiger charge is 2.24. The van der Waals surface area contributed by atoms with E-state index in [-0.39, 0.29) is 17.7 Å². The van der Waals surface area contributed by atoms with Gasteiger partial charge in [-0.25, -0.2) is 4.79 Å². The van der Waals surface area contributed by atoms with Gasteiger partial charge in [0.2, 0.25) is 0 Å². The molecule has 178 valence electrons. The molecule has 2 heterocycles. The van der Waals surface area contributed by atoms with Crippen molar-refractivity contribution in [2.24, 2.45) is 0 Å². The lowest BCUT2D eigenvalue weighted by molar-refractivity contribution is 0.0234. The van der Waals surface area contributed by atoms with E-state index < -0.39 is 5.60 Å². The van der Waals surface area contributed by atoms with Crippen LogP contribution in [-0.4, -0.2) is 35.7 Å². The maximum atomic E-state index is 12.6. The molecule has 1 atom stereocenters. The number of fused-ring (bicyclic) bond motifs is 3. The third-order valence-corrected chi connectivity index (χ3v) is 7.00. The van der Waals surface area contributed by atoms with Crippen molar-refractivity contribution in [2.75, 3.05) is 14.2 Å². The number of benzene rings is 2. The Morgan fingerprint density at radius 2 is 1.85 bits per heavy atom. The zero-order valence-electron chi connectivity index (χ0n) is 20.0. The number of aromatic nitrogens is 1. The number of H-pyrrole nitrogens is 1. The van der Waals surface area contributed by atoms with Crippen molar-refractivity contribution >= 4 is 50.0 Å². The summed E-state index contributed by atoms with van der Waals surface area (Å²) in [6.07, 6.45) is -0.377. The third-order valence-electron chi connectivity index (χ3n) is 5.79. The van der Waals surface area contributed by atoms with Crippen LogP contribution in [0.1, 0.15) is 39.3 Å². The largest absolute Gasteiger partial charge is 0.496 e. The molecule has 0 fully saturated rings. The molecule has 0 aliphatic carbocycles. The molecule has 1 unspecified atom stereocenters. The first-order chi connectivity index (χ1) is 16.0. The Hall–Kier alpha value is -3.03. The lowest BCUT2D eigenvalue weighted by atomic mass is 9.95. The zero-order valence-corrected chi connectivity index (χ0v) is 21.6. The number of pyridine rings is 1. The fourth-order valence-electron chi connectivity index (χ4n) is 3.96. The molecule has 0 aliphatic heterocycles. The second-order valence-corrected chi connectivity index (χ2v) is 10.5. The Labute approximate surface area is 207 Å². The number of hydrogen-bond donors (Lipinski definition) is 1. The predicted molar refractivity (Wildman–Crippen MR) is 139 cm³/mol. The topological polar surface area (TPSA) is 71.6 Å². The normalized spacial score (nSPS) is 12.7. The fraction of sp³-hybridized carbons (Fsp3) is 0.308. The molecular weight excluding hydrogens is 472 g/mol. The van der Waals surface area contributed by atoms with Gasteiger partial charge >= 0.3 is 6.09 Å². The van der Waals surface area contributed by atoms with Crippen molar-refractivity contribution in [1.29, 1.82) is 0 Å². The van der Waals surface area contributed by atoms with E-state index in [4.69, 9.17) is 21.1 Å². The number of thiophene rings is 1. The number of aromatic amines is 1. The monoisotopic (exact) mass is 498 g/mol. The second kappa shape index (κ2) is 8.96. The van der Waals surface area contributed by atoms with Crippen LogP contribution >= 0.6 is 22.9 Å². The van der Waals surface area contributed by atoms with Gasteiger partial charge < -0.3 is 19.4 Å². The van der Waals surface area contributed by atoms with Gasteiger partial charge in [-0.1, -0.05) is 35.9 Å². The molecule has 1 N–H and O–H groups in total. The number of carbonyl (C=O) groups excluding carboxylic acids is 1. The van der Waals surface area contributed by atoms with Crippen molar-refractivity contribution in [3.05, 3.63) is 62.7 Å². The van der Waals surface area contributed by atoms with Crippen LogP contribution in [0.5, 0.6) is 5.75 Å². The number of halogens is 1. The minimum atomic E-state index is -0.560. The summed E-state index contributed by atoms with van der Waals surface area (Å²) in [6, 6.07) is 11.4. The minimum Gasteiger partial charge on any atom is -0.496 e. The molecule has 0 radical (unpaired) electrons. The summed E-state index contributed by atoms with van der Waals surface area (Å²) in [4.78, 5) is 29.6. The van der Waals surface area contributed by atoms with Crippen LogP contribution in [0.3, 0.4) is 0 Å². The molecule has 0 saturated carbocycles. The van der Waals surface area contributed by atoms with Crippen LogP contribution in [0.4, 0.5) is 4.79 Å². The highest BCUT2D eigenvalue weighted by Crippen LogP contribution is 2.43. The van der Waals surface area contributed by atoms with E-state index in [1.165, 1.54) is 11.3 Å². The molecule has 1 amide bonds. The van der Waals surface area contributed by atoms with Crippen LogP contribution in [0.2, 0.25) is 5.02 Å². The molecule has 8 heteroatoms. The highest BCUT2D eigenvalue weighted by molar-refractivity contribution is 7.17. The highest BCUT2D eigenvalue weighted by atomic mass is 35.5. The number of carbonyl (C=O) groups is 1. The summed E-state index contributed by atoms with van der Waals surface area (Å²) in [7, 11) is 3.33. The average molecular weight is 499 g/mol. The lowest BCUT2D eigenvalue weighted by Crippen LogP contribution is -2.35. The van der Waals surface area contributed by atoms with E-state index in [1.807, 2.05) is 63.4 Å². The maximum Gasteiger partial charge on any atom is 0.410 e. The van der Waals surface area contributed by atoms with Gasteiger partial charge in [0.1, 0.15) is 16.1 Å². The van der Waals surface area contributed by atoms with E-state index in [1.54, 1.807) is 25.1 Å². The number of rotatable bonds is 4. The van der Waals surface area contributed by atoms with Crippen molar-refractivity contribution in [1.82, 2.24) is 9.88 Å². The standard InChI is InChI=1S/C26H27ClN2O4S/c1-14(29(5)25(31)33-26(2,3)4)15-7-9-16(10-8-15)20-19(32-6)13-18(27)22-21(20)17-11-12-34-23(17)24(30)28-22/h7-14H,1-6H3,(H,28,30). The molecule has 4 rings (SSSR count). The first-order valence-corrected chi connectivity index (χ1v) is 12.1. The van der Waals surface area contributed by atoms with Gasteiger partial charge in [0, 0.05) is 29.4 Å². The number of hydrogen-bond acceptors (Lipinski definition) is 5. The van der Waals surface area contributed by atoms with E-state index in [9.17, 15) is 9.59 Å². The summed E-state index contributed by atoms with van der Waals surface area (Å²) >= 11 is 7.91. The lowest BCUT2D eigenvalue weighted by Gasteiger charge is -2.29. The summed E-state index contributed by atoms with van der Waals surface area (Å²) in [5.41, 5.74) is 2.58. The van der Waals surface area contributed by atoms with Crippen LogP contribution in [-0.2, 0) is 4.74 Å². The molecule has 6 nitrogen and oxygen atoms in total. The van der Waals surface area contributed by atoms with Crippen molar-refractivity contribution in [2.45, 2.75) is 39.3 Å². The van der Waals surface area contributed by atoms with Crippen molar-refractivity contribution in [3.63, 3.8) is 0 Å². The van der Waals surface area contributed by atoms with Gasteiger partial charge in [-0.2, -0.15) is 0 Å². The van der Waals surface area contributed by atoms with E-state index >= 15 is 0 Å². The van der Waals surface area contributed by atoms with Crippen LogP contribution in [0.25, 0.3) is 32.1 Å². The fourth-order valence-corrected chi connectivity index (χ4v) is 5.00. The Kier molecular flexibility index (Phi) is 6.36. The van der Waals surface area contributed by atoms with Crippen molar-refractivity contribution in [3.8, 4) is 16.9 Å². The predicted octanol–water partition coefficient (Wildman–Crippen LogP) is 7.00. The van der Waals surface area contributed by atoms with E-state index in [0.717, 1.165) is 27.5 Å². The van der Waals surface area contributed by atoms with Gasteiger partial charge in [-0.05, 0) is 50.3 Å². The average Bonchev–Trinajstić information content (AvgIpc) is 3.28. The molecule has 0 saturated heterocycles. The summed E-state index contributed by atoms with van der Waals surface area (Å²) in [5.74, 6) is 0.615. The van der Waals surface area contributed by atoms with Crippen LogP contribution in [0, 0.1) is 0 Å². The molecule has 4 aromatic rings. The van der Waals surface area contributed by atoms with Crippen LogP contribution in [0.15, 0.2) is 46.6 Å². The molecule has 0 bridgehead atoms. The van der Waals surface area contributed by atoms with Gasteiger partial charge in [0.15, 0.2) is 0 Å². The number of amides is 1. The van der Waals surface area contributed by atoms with Crippen LogP contribution < -0.4 is 10.3 Å². The van der Waals surface area contributed by atoms with E-state index in [2.05, 4.69) is 4.98 Å². The first kappa shape index (κ1) is 24.1. The summed E-state index contributed by atoms with van der Waals surface area (Å²) in [6.45, 7) is 7.50. The first-order valence-electron chi connectivity index (χ1n) is 10.9.